The zero-order valence-electron chi connectivity index (χ0n) is 6.04. The second-order valence-corrected chi connectivity index (χ2v) is 4.75. The quantitative estimate of drug-likeness (QED) is 0.580. The molecule has 1 aliphatic rings. The van der Waals surface area contributed by atoms with Crippen LogP contribution in [-0.2, 0) is 10.2 Å². The Balaban J connectivity index is 2.60. The molecule has 0 saturated heterocycles. The van der Waals surface area contributed by atoms with Gasteiger partial charge in [0.2, 0.25) is 0 Å². The van der Waals surface area contributed by atoms with Gasteiger partial charge < -0.3 is 0 Å². The average Bonchev–Trinajstić information content (AvgIpc) is 2.42. The molecule has 3 unspecified atom stereocenters. The average molecular weight is 166 g/mol. The van der Waals surface area contributed by atoms with E-state index in [0.29, 0.717) is 5.92 Å². The number of hydrogen-bond acceptors (Lipinski definition) is 2. The Morgan fingerprint density at radius 1 is 1.60 bits per heavy atom. The second kappa shape index (κ2) is 2.19. The fraction of sp³-hybridized carbons (Fsp3) is 1.00. The van der Waals surface area contributed by atoms with Crippen molar-refractivity contribution in [3.63, 3.8) is 0 Å². The molecule has 2 nitrogen and oxygen atoms in total. The topological polar surface area (TPSA) is 34.1 Å². The predicted octanol–water partition coefficient (Wildman–Crippen LogP) is 1.33. The van der Waals surface area contributed by atoms with Crippen molar-refractivity contribution >= 4 is 10.2 Å². The van der Waals surface area contributed by atoms with Gasteiger partial charge in [-0.25, -0.2) is 0 Å². The highest BCUT2D eigenvalue weighted by atomic mass is 32.3. The van der Waals surface area contributed by atoms with E-state index in [-0.39, 0.29) is 5.92 Å². The third kappa shape index (κ3) is 1.48. The summed E-state index contributed by atoms with van der Waals surface area (Å²) in [6.07, 6.45) is 0.852. The minimum Gasteiger partial charge on any atom is -0.195 e. The van der Waals surface area contributed by atoms with Crippen molar-refractivity contribution in [1.29, 1.82) is 0 Å². The minimum absolute atomic E-state index is 0.0648. The number of halogens is 1. The first-order chi connectivity index (χ1) is 4.43. The van der Waals surface area contributed by atoms with Gasteiger partial charge in [-0.1, -0.05) is 6.92 Å². The van der Waals surface area contributed by atoms with Crippen LogP contribution in [0.15, 0.2) is 0 Å². The van der Waals surface area contributed by atoms with Gasteiger partial charge in [0, 0.05) is 0 Å². The summed E-state index contributed by atoms with van der Waals surface area (Å²) < 4.78 is 32.8. The summed E-state index contributed by atoms with van der Waals surface area (Å²) in [6, 6.07) is 0. The molecule has 0 bridgehead atoms. The van der Waals surface area contributed by atoms with E-state index in [1.165, 1.54) is 6.92 Å². The molecule has 0 aromatic heterocycles. The van der Waals surface area contributed by atoms with Gasteiger partial charge in [-0.2, -0.15) is 8.42 Å². The van der Waals surface area contributed by atoms with Gasteiger partial charge in [0.1, 0.15) is 0 Å². The molecule has 0 aromatic carbocycles. The van der Waals surface area contributed by atoms with E-state index in [4.69, 9.17) is 0 Å². The Morgan fingerprint density at radius 3 is 2.10 bits per heavy atom. The van der Waals surface area contributed by atoms with E-state index in [1.54, 1.807) is 0 Å². The molecule has 0 N–H and O–H groups in total. The molecular formula is C6H11FO2S. The van der Waals surface area contributed by atoms with Gasteiger partial charge in [0.25, 0.3) is 0 Å². The maximum Gasteiger partial charge on any atom is 0.305 e. The highest BCUT2D eigenvalue weighted by molar-refractivity contribution is 7.87. The Kier molecular flexibility index (Phi) is 1.75. The summed E-state index contributed by atoms with van der Waals surface area (Å²) in [5.41, 5.74) is 0. The summed E-state index contributed by atoms with van der Waals surface area (Å²) in [4.78, 5) is 0. The fourth-order valence-electron chi connectivity index (χ4n) is 1.21. The molecule has 10 heavy (non-hydrogen) atoms. The number of rotatable bonds is 2. The van der Waals surface area contributed by atoms with Gasteiger partial charge in [-0.3, -0.25) is 0 Å². The van der Waals surface area contributed by atoms with Crippen LogP contribution >= 0.6 is 0 Å². The lowest BCUT2D eigenvalue weighted by atomic mass is 10.3. The monoisotopic (exact) mass is 166 g/mol. The van der Waals surface area contributed by atoms with Crippen LogP contribution < -0.4 is 0 Å². The maximum atomic E-state index is 12.2. The Hall–Kier alpha value is -0.120. The zero-order valence-corrected chi connectivity index (χ0v) is 6.86. The molecule has 1 fully saturated rings. The summed E-state index contributed by atoms with van der Waals surface area (Å²) >= 11 is 0. The third-order valence-electron chi connectivity index (χ3n) is 2.22. The van der Waals surface area contributed by atoms with E-state index in [0.717, 1.165) is 6.42 Å². The molecule has 0 aromatic rings. The van der Waals surface area contributed by atoms with Crippen molar-refractivity contribution < 1.29 is 12.3 Å². The van der Waals surface area contributed by atoms with Crippen molar-refractivity contribution in [2.75, 3.05) is 0 Å². The van der Waals surface area contributed by atoms with Gasteiger partial charge in [-0.15, -0.1) is 3.89 Å². The van der Waals surface area contributed by atoms with Crippen molar-refractivity contribution in [3.8, 4) is 0 Å². The molecule has 1 rings (SSSR count). The molecule has 1 aliphatic carbocycles. The molecule has 4 heteroatoms. The van der Waals surface area contributed by atoms with E-state index < -0.39 is 15.5 Å². The maximum absolute atomic E-state index is 12.2. The van der Waals surface area contributed by atoms with Gasteiger partial charge in [-0.05, 0) is 25.2 Å². The van der Waals surface area contributed by atoms with Crippen LogP contribution in [0, 0.1) is 11.8 Å². The Labute approximate surface area is 60.6 Å². The predicted molar refractivity (Wildman–Crippen MR) is 36.8 cm³/mol. The first-order valence-electron chi connectivity index (χ1n) is 3.36. The standard InChI is InChI=1S/C6H11FO2S/c1-4-3-6(4)5(2)10(7,8)9/h4-6H,3H2,1-2H3. The van der Waals surface area contributed by atoms with E-state index in [2.05, 4.69) is 0 Å². The van der Waals surface area contributed by atoms with Gasteiger partial charge in [0.05, 0.1) is 5.25 Å². The molecule has 0 aliphatic heterocycles. The Morgan fingerprint density at radius 2 is 2.00 bits per heavy atom. The van der Waals surface area contributed by atoms with Crippen LogP contribution in [0.4, 0.5) is 3.89 Å². The molecule has 1 saturated carbocycles. The van der Waals surface area contributed by atoms with E-state index in [1.807, 2.05) is 6.92 Å². The molecule has 60 valence electrons. The van der Waals surface area contributed by atoms with Gasteiger partial charge in [0.15, 0.2) is 0 Å². The van der Waals surface area contributed by atoms with Gasteiger partial charge >= 0.3 is 10.2 Å². The SMILES string of the molecule is CC1CC1C(C)S(=O)(=O)F. The van der Waals surface area contributed by atoms with E-state index >= 15 is 0 Å². The third-order valence-corrected chi connectivity index (χ3v) is 3.46. The van der Waals surface area contributed by atoms with Crippen molar-refractivity contribution in [2.24, 2.45) is 11.8 Å². The van der Waals surface area contributed by atoms with Crippen LogP contribution in [0.1, 0.15) is 20.3 Å². The summed E-state index contributed by atoms with van der Waals surface area (Å²) in [5.74, 6) is 0.454. The first-order valence-corrected chi connectivity index (χ1v) is 4.81. The molecule has 0 spiro atoms. The second-order valence-electron chi connectivity index (χ2n) is 3.06. The summed E-state index contributed by atoms with van der Waals surface area (Å²) in [5, 5.41) is -0.789. The highest BCUT2D eigenvalue weighted by Gasteiger charge is 2.43. The smallest absolute Gasteiger partial charge is 0.195 e. The lowest BCUT2D eigenvalue weighted by Gasteiger charge is -2.02. The molecule has 0 radical (unpaired) electrons. The molecule has 3 atom stereocenters. The lowest BCUT2D eigenvalue weighted by molar-refractivity contribution is 0.524. The number of hydrogen-bond donors (Lipinski definition) is 0. The molecule has 0 amide bonds. The first kappa shape index (κ1) is 7.98. The molecular weight excluding hydrogens is 155 g/mol. The highest BCUT2D eigenvalue weighted by Crippen LogP contribution is 2.43. The van der Waals surface area contributed by atoms with Crippen molar-refractivity contribution in [1.82, 2.24) is 0 Å². The van der Waals surface area contributed by atoms with E-state index in [9.17, 15) is 12.3 Å². The van der Waals surface area contributed by atoms with Crippen LogP contribution in [0.3, 0.4) is 0 Å². The summed E-state index contributed by atoms with van der Waals surface area (Å²) in [7, 11) is -4.27. The molecule has 0 heterocycles. The summed E-state index contributed by atoms with van der Waals surface area (Å²) in [6.45, 7) is 3.37. The van der Waals surface area contributed by atoms with Crippen LogP contribution in [0.5, 0.6) is 0 Å². The zero-order chi connectivity index (χ0) is 7.94. The van der Waals surface area contributed by atoms with Crippen LogP contribution in [0.2, 0.25) is 0 Å². The van der Waals surface area contributed by atoms with Crippen LogP contribution in [-0.4, -0.2) is 13.7 Å². The fourth-order valence-corrected chi connectivity index (χ4v) is 2.01. The van der Waals surface area contributed by atoms with Crippen molar-refractivity contribution in [2.45, 2.75) is 25.5 Å². The minimum atomic E-state index is -4.27. The largest absolute Gasteiger partial charge is 0.305 e. The van der Waals surface area contributed by atoms with Crippen molar-refractivity contribution in [3.05, 3.63) is 0 Å². The van der Waals surface area contributed by atoms with Crippen LogP contribution in [0.25, 0.3) is 0 Å². The lowest BCUT2D eigenvalue weighted by Crippen LogP contribution is -2.15. The Bertz CT molecular complexity index is 222. The normalized spacial score (nSPS) is 35.5.